The van der Waals surface area contributed by atoms with Gasteiger partial charge >= 0.3 is 0 Å². The highest BCUT2D eigenvalue weighted by Gasteiger charge is 2.45. The highest BCUT2D eigenvalue weighted by Crippen LogP contribution is 2.36. The van der Waals surface area contributed by atoms with Crippen molar-refractivity contribution >= 4 is 37.9 Å². The molecule has 2 saturated carbocycles. The zero-order valence-electron chi connectivity index (χ0n) is 25.6. The molecule has 4 fully saturated rings. The van der Waals surface area contributed by atoms with E-state index in [2.05, 4.69) is 62.6 Å². The van der Waals surface area contributed by atoms with Crippen LogP contribution in [0.15, 0.2) is 60.8 Å². The van der Waals surface area contributed by atoms with E-state index in [0.29, 0.717) is 19.7 Å². The van der Waals surface area contributed by atoms with E-state index in [4.69, 9.17) is 10.00 Å². The molecule has 0 radical (unpaired) electrons. The summed E-state index contributed by atoms with van der Waals surface area (Å²) in [6, 6.07) is 20.9. The molecule has 0 bridgehead atoms. The molecule has 1 aromatic heterocycles. The van der Waals surface area contributed by atoms with Gasteiger partial charge < -0.3 is 19.9 Å². The number of sulfone groups is 1. The molecule has 1 N–H and O–H groups in total. The molecule has 1 unspecified atom stereocenters. The van der Waals surface area contributed by atoms with E-state index in [0.717, 1.165) is 72.9 Å². The molecule has 2 aliphatic heterocycles. The van der Waals surface area contributed by atoms with Crippen molar-refractivity contribution in [3.63, 3.8) is 0 Å². The van der Waals surface area contributed by atoms with Crippen LogP contribution in [0.2, 0.25) is 0 Å². The molecule has 1 amide bonds. The Kier molecular flexibility index (Phi) is 9.73. The molecule has 3 aromatic rings. The Hall–Kier alpha value is -3.46. The summed E-state index contributed by atoms with van der Waals surface area (Å²) >= 11 is 1.70. The van der Waals surface area contributed by atoms with E-state index in [1.165, 1.54) is 12.0 Å². The van der Waals surface area contributed by atoms with E-state index >= 15 is 0 Å². The van der Waals surface area contributed by atoms with Gasteiger partial charge in [0.05, 0.1) is 35.6 Å². The second-order valence-electron chi connectivity index (χ2n) is 12.4. The van der Waals surface area contributed by atoms with Gasteiger partial charge in [-0.05, 0) is 48.9 Å². The van der Waals surface area contributed by atoms with Gasteiger partial charge in [-0.2, -0.15) is 5.26 Å². The van der Waals surface area contributed by atoms with Crippen LogP contribution in [0.3, 0.4) is 0 Å². The Labute approximate surface area is 271 Å². The second kappa shape index (κ2) is 13.9. The fourth-order valence-electron chi connectivity index (χ4n) is 6.14. The van der Waals surface area contributed by atoms with Gasteiger partial charge in [0.25, 0.3) is 0 Å². The third-order valence-electron chi connectivity index (χ3n) is 9.17. The first-order chi connectivity index (χ1) is 21.8. The molecule has 0 spiro atoms. The Morgan fingerprint density at radius 1 is 1.00 bits per heavy atom. The van der Waals surface area contributed by atoms with Crippen molar-refractivity contribution in [3.8, 4) is 16.5 Å². The van der Waals surface area contributed by atoms with E-state index in [1.54, 1.807) is 11.3 Å². The SMILES string of the molecule is N#CC1(NC(=O)C2CCCCC2)CC1.O=S1(=O)CCN(c2ccc(-c3cnc(N4CCOC(c5ccccc5)C4)s3)cc2)CC1.[HH]. The lowest BCUT2D eigenvalue weighted by Gasteiger charge is -2.33. The maximum atomic E-state index is 11.8. The monoisotopic (exact) mass is 649 g/mol. The summed E-state index contributed by atoms with van der Waals surface area (Å²) in [7, 11) is -2.87. The summed E-state index contributed by atoms with van der Waals surface area (Å²) in [5.74, 6) is 0.755. The number of nitrogens with zero attached hydrogens (tertiary/aromatic N) is 4. The number of thiazole rings is 1. The number of nitrogens with one attached hydrogen (secondary N) is 1. The second-order valence-corrected chi connectivity index (χ2v) is 15.7. The summed E-state index contributed by atoms with van der Waals surface area (Å²) in [5, 5.41) is 12.7. The summed E-state index contributed by atoms with van der Waals surface area (Å²) in [4.78, 5) is 22.0. The van der Waals surface area contributed by atoms with Crippen LogP contribution in [0.25, 0.3) is 10.4 Å². The van der Waals surface area contributed by atoms with Crippen LogP contribution in [0.5, 0.6) is 0 Å². The Bertz CT molecular complexity index is 1590. The zero-order chi connectivity index (χ0) is 31.3. The molecule has 2 aliphatic carbocycles. The molecule has 240 valence electrons. The quantitative estimate of drug-likeness (QED) is 0.367. The lowest BCUT2D eigenvalue weighted by atomic mass is 9.88. The van der Waals surface area contributed by atoms with Crippen molar-refractivity contribution in [1.82, 2.24) is 10.3 Å². The van der Waals surface area contributed by atoms with Crippen molar-refractivity contribution < 1.29 is 19.4 Å². The number of rotatable bonds is 6. The first-order valence-electron chi connectivity index (χ1n) is 16.0. The maximum Gasteiger partial charge on any atom is 0.224 e. The molecule has 9 nitrogen and oxygen atoms in total. The number of hydrogen-bond acceptors (Lipinski definition) is 9. The van der Waals surface area contributed by atoms with Gasteiger partial charge in [0.15, 0.2) is 15.0 Å². The number of morpholine rings is 1. The Morgan fingerprint density at radius 3 is 2.38 bits per heavy atom. The molecule has 3 heterocycles. The van der Waals surface area contributed by atoms with Crippen molar-refractivity contribution in [3.05, 3.63) is 66.4 Å². The molecular formula is C34H43N5O4S2. The number of aromatic nitrogens is 1. The van der Waals surface area contributed by atoms with Gasteiger partial charge in [-0.25, -0.2) is 13.4 Å². The third-order valence-corrected chi connectivity index (χ3v) is 11.9. The number of amides is 1. The molecule has 11 heteroatoms. The molecule has 1 atom stereocenters. The minimum atomic E-state index is -2.87. The van der Waals surface area contributed by atoms with Gasteiger partial charge in [-0.15, -0.1) is 0 Å². The molecule has 7 rings (SSSR count). The highest BCUT2D eigenvalue weighted by atomic mass is 32.2. The summed E-state index contributed by atoms with van der Waals surface area (Å²) < 4.78 is 29.3. The van der Waals surface area contributed by atoms with Gasteiger partial charge in [0.2, 0.25) is 5.91 Å². The van der Waals surface area contributed by atoms with Crippen molar-refractivity contribution in [2.24, 2.45) is 5.92 Å². The average Bonchev–Trinajstić information content (AvgIpc) is 3.68. The molecule has 45 heavy (non-hydrogen) atoms. The number of benzene rings is 2. The fourth-order valence-corrected chi connectivity index (χ4v) is 8.29. The number of hydrogen-bond donors (Lipinski definition) is 1. The fraction of sp³-hybridized carbons (Fsp3) is 0.500. The normalized spacial score (nSPS) is 22.4. The van der Waals surface area contributed by atoms with Crippen molar-refractivity contribution in [2.45, 2.75) is 56.6 Å². The standard InChI is InChI=1S/C23H25N3O3S2.C11H16N2O.H2/c27-31(28)14-11-25(12-15-31)20-8-6-19(7-9-20)22-16-24-23(30-22)26-10-13-29-21(17-26)18-4-2-1-3-5-18;12-8-11(6-7-11)13-10(14)9-4-2-1-3-5-9;/h1-9,16,21H,10-15,17H2;9H,1-7H2,(H,13,14);1H. The Balaban J connectivity index is 0.000000234. The van der Waals surface area contributed by atoms with Crippen LogP contribution < -0.4 is 15.1 Å². The summed E-state index contributed by atoms with van der Waals surface area (Å²) in [6.07, 6.45) is 9.28. The van der Waals surface area contributed by atoms with Crippen molar-refractivity contribution in [2.75, 3.05) is 54.1 Å². The summed E-state index contributed by atoms with van der Waals surface area (Å²) in [5.41, 5.74) is 2.92. The van der Waals surface area contributed by atoms with Crippen LogP contribution >= 0.6 is 11.3 Å². The maximum absolute atomic E-state index is 11.8. The van der Waals surface area contributed by atoms with Crippen LogP contribution in [0.4, 0.5) is 10.8 Å². The average molecular weight is 650 g/mol. The predicted molar refractivity (Wildman–Crippen MR) is 180 cm³/mol. The lowest BCUT2D eigenvalue weighted by Crippen LogP contribution is -2.40. The molecule has 4 aliphatic rings. The number of anilines is 2. The number of carbonyl (C=O) groups excluding carboxylic acids is 1. The van der Waals surface area contributed by atoms with E-state index in [-0.39, 0.29) is 30.9 Å². The third kappa shape index (κ3) is 8.04. The topological polar surface area (TPSA) is 116 Å². The first kappa shape index (κ1) is 31.5. The smallest absolute Gasteiger partial charge is 0.224 e. The van der Waals surface area contributed by atoms with Crippen LogP contribution in [0.1, 0.15) is 58.0 Å². The first-order valence-corrected chi connectivity index (χ1v) is 18.6. The molecule has 2 saturated heterocycles. The van der Waals surface area contributed by atoms with Crippen LogP contribution in [-0.2, 0) is 19.4 Å². The Morgan fingerprint density at radius 2 is 1.71 bits per heavy atom. The zero-order valence-corrected chi connectivity index (χ0v) is 27.2. The number of ether oxygens (including phenoxy) is 1. The van der Waals surface area contributed by atoms with Gasteiger partial charge in [0, 0.05) is 38.9 Å². The number of carbonyl (C=O) groups is 1. The van der Waals surface area contributed by atoms with Crippen molar-refractivity contribution in [1.29, 1.82) is 5.26 Å². The highest BCUT2D eigenvalue weighted by molar-refractivity contribution is 7.91. The minimum Gasteiger partial charge on any atom is -0.370 e. The molecular weight excluding hydrogens is 607 g/mol. The van der Waals surface area contributed by atoms with Gasteiger partial charge in [0.1, 0.15) is 11.6 Å². The number of nitriles is 1. The van der Waals surface area contributed by atoms with Gasteiger partial charge in [-0.3, -0.25) is 4.79 Å². The van der Waals surface area contributed by atoms with Crippen LogP contribution in [0, 0.1) is 17.2 Å². The summed E-state index contributed by atoms with van der Waals surface area (Å²) in [6.45, 7) is 3.45. The van der Waals surface area contributed by atoms with E-state index in [1.807, 2.05) is 24.4 Å². The van der Waals surface area contributed by atoms with E-state index < -0.39 is 15.4 Å². The largest absolute Gasteiger partial charge is 0.370 e. The van der Waals surface area contributed by atoms with Crippen LogP contribution in [-0.4, -0.2) is 69.1 Å². The predicted octanol–water partition coefficient (Wildman–Crippen LogP) is 5.61. The molecule has 2 aromatic carbocycles. The van der Waals surface area contributed by atoms with E-state index in [9.17, 15) is 13.2 Å². The van der Waals surface area contributed by atoms with Gasteiger partial charge in [-0.1, -0.05) is 73.1 Å². The lowest BCUT2D eigenvalue weighted by molar-refractivity contribution is -0.126. The minimum absolute atomic E-state index is 0.